The molecule has 0 bridgehead atoms. The molecule has 1 aliphatic rings. The fourth-order valence-electron chi connectivity index (χ4n) is 2.09. The van der Waals surface area contributed by atoms with Gasteiger partial charge in [-0.15, -0.1) is 0 Å². The van der Waals surface area contributed by atoms with E-state index >= 15 is 0 Å². The second kappa shape index (κ2) is 4.78. The highest BCUT2D eigenvalue weighted by atomic mass is 16.5. The summed E-state index contributed by atoms with van der Waals surface area (Å²) in [6.45, 7) is 2.78. The summed E-state index contributed by atoms with van der Waals surface area (Å²) in [6.07, 6.45) is 1.80. The van der Waals surface area contributed by atoms with Crippen molar-refractivity contribution < 1.29 is 9.84 Å². The van der Waals surface area contributed by atoms with Crippen LogP contribution in [0, 0.1) is 23.7 Å². The van der Waals surface area contributed by atoms with Gasteiger partial charge in [-0.3, -0.25) is 0 Å². The Hall–Kier alpha value is -1.51. The molecule has 0 saturated carbocycles. The number of aliphatic hydroxyl groups is 1. The summed E-state index contributed by atoms with van der Waals surface area (Å²) in [5.74, 6) is 0.599. The van der Waals surface area contributed by atoms with E-state index < -0.39 is 11.5 Å². The Balaban J connectivity index is 2.29. The molecule has 17 heavy (non-hydrogen) atoms. The number of aromatic nitrogens is 2. The molecule has 1 saturated heterocycles. The molecule has 2 heterocycles. The fraction of sp³-hybridized carbons (Fsp3) is 0.583. The lowest BCUT2D eigenvalue weighted by Crippen LogP contribution is -2.34. The maximum Gasteiger partial charge on any atom is 0.125 e. The first-order chi connectivity index (χ1) is 8.18. The van der Waals surface area contributed by atoms with Crippen molar-refractivity contribution in [1.82, 2.24) is 9.97 Å². The van der Waals surface area contributed by atoms with Gasteiger partial charge in [0.25, 0.3) is 0 Å². The van der Waals surface area contributed by atoms with Crippen molar-refractivity contribution in [2.75, 3.05) is 13.2 Å². The Morgan fingerprint density at radius 1 is 1.53 bits per heavy atom. The van der Waals surface area contributed by atoms with Gasteiger partial charge in [-0.25, -0.2) is 9.97 Å². The maximum absolute atomic E-state index is 10.4. The average Bonchev–Trinajstić information content (AvgIpc) is 2.38. The lowest BCUT2D eigenvalue weighted by atomic mass is 9.75. The van der Waals surface area contributed by atoms with Crippen molar-refractivity contribution in [2.45, 2.75) is 25.9 Å². The van der Waals surface area contributed by atoms with E-state index in [1.54, 1.807) is 19.2 Å². The number of hydrogen-bond donors (Lipinski definition) is 1. The van der Waals surface area contributed by atoms with Crippen LogP contribution in [0.25, 0.3) is 0 Å². The minimum atomic E-state index is -0.877. The average molecular weight is 233 g/mol. The van der Waals surface area contributed by atoms with Crippen LogP contribution in [0.1, 0.15) is 30.5 Å². The number of rotatable bonds is 2. The monoisotopic (exact) mass is 233 g/mol. The molecule has 90 valence electrons. The van der Waals surface area contributed by atoms with Gasteiger partial charge in [-0.05, 0) is 25.8 Å². The molecule has 0 spiro atoms. The molecule has 1 unspecified atom stereocenters. The zero-order valence-electron chi connectivity index (χ0n) is 9.76. The predicted molar refractivity (Wildman–Crippen MR) is 59.8 cm³/mol. The summed E-state index contributed by atoms with van der Waals surface area (Å²) in [6, 6.07) is 3.90. The zero-order chi connectivity index (χ0) is 12.3. The number of nitrogens with zero attached hydrogens (tertiary/aromatic N) is 3. The normalized spacial score (nSPS) is 20.5. The first-order valence-corrected chi connectivity index (χ1v) is 5.64. The number of aliphatic hydroxyl groups excluding tert-OH is 1. The Bertz CT molecular complexity index is 436. The van der Waals surface area contributed by atoms with Crippen LogP contribution in [0.15, 0.2) is 12.3 Å². The van der Waals surface area contributed by atoms with Crippen LogP contribution in [-0.2, 0) is 4.74 Å². The Morgan fingerprint density at radius 3 is 2.82 bits per heavy atom. The SMILES string of the molecule is Cc1nccc(C(O)C2(C#N)CCOCC2)n1. The molecule has 0 amide bonds. The molecule has 5 nitrogen and oxygen atoms in total. The van der Waals surface area contributed by atoms with E-state index in [1.165, 1.54) is 0 Å². The van der Waals surface area contributed by atoms with Crippen molar-refractivity contribution in [3.63, 3.8) is 0 Å². The van der Waals surface area contributed by atoms with E-state index in [0.29, 0.717) is 37.6 Å². The Labute approximate surface area is 100 Å². The van der Waals surface area contributed by atoms with Crippen LogP contribution >= 0.6 is 0 Å². The highest BCUT2D eigenvalue weighted by Gasteiger charge is 2.41. The van der Waals surface area contributed by atoms with E-state index in [0.717, 1.165) is 0 Å². The molecule has 1 atom stereocenters. The smallest absolute Gasteiger partial charge is 0.125 e. The molecule has 1 N–H and O–H groups in total. The maximum atomic E-state index is 10.4. The summed E-state index contributed by atoms with van der Waals surface area (Å²) in [5.41, 5.74) is -0.264. The molecule has 1 fully saturated rings. The topological polar surface area (TPSA) is 79.0 Å². The van der Waals surface area contributed by atoms with Gasteiger partial charge >= 0.3 is 0 Å². The van der Waals surface area contributed by atoms with Gasteiger partial charge in [0.05, 0.1) is 17.2 Å². The number of nitriles is 1. The first kappa shape index (κ1) is 12.0. The predicted octanol–water partition coefficient (Wildman–Crippen LogP) is 1.14. The van der Waals surface area contributed by atoms with Crippen LogP contribution in [0.3, 0.4) is 0 Å². The van der Waals surface area contributed by atoms with Gasteiger partial charge in [0.1, 0.15) is 11.9 Å². The van der Waals surface area contributed by atoms with Crippen molar-refractivity contribution >= 4 is 0 Å². The third-order valence-electron chi connectivity index (χ3n) is 3.21. The summed E-state index contributed by atoms with van der Waals surface area (Å²) < 4.78 is 5.24. The van der Waals surface area contributed by atoms with Gasteiger partial charge in [0.15, 0.2) is 0 Å². The molecule has 0 aliphatic carbocycles. The Morgan fingerprint density at radius 2 is 2.24 bits per heavy atom. The Kier molecular flexibility index (Phi) is 3.36. The van der Waals surface area contributed by atoms with Gasteiger partial charge in [0, 0.05) is 19.4 Å². The highest BCUT2D eigenvalue weighted by Crippen LogP contribution is 2.41. The summed E-state index contributed by atoms with van der Waals surface area (Å²) in [5, 5.41) is 19.7. The highest BCUT2D eigenvalue weighted by molar-refractivity contribution is 5.16. The molecule has 1 aliphatic heterocycles. The zero-order valence-corrected chi connectivity index (χ0v) is 9.76. The molecule has 0 aromatic carbocycles. The van der Waals surface area contributed by atoms with Crippen LogP contribution in [-0.4, -0.2) is 28.3 Å². The van der Waals surface area contributed by atoms with E-state index in [-0.39, 0.29) is 0 Å². The molecular weight excluding hydrogens is 218 g/mol. The van der Waals surface area contributed by atoms with Crippen LogP contribution in [0.2, 0.25) is 0 Å². The summed E-state index contributed by atoms with van der Waals surface area (Å²) >= 11 is 0. The van der Waals surface area contributed by atoms with E-state index in [9.17, 15) is 10.4 Å². The third-order valence-corrected chi connectivity index (χ3v) is 3.21. The first-order valence-electron chi connectivity index (χ1n) is 5.64. The van der Waals surface area contributed by atoms with E-state index in [4.69, 9.17) is 4.74 Å². The number of aryl methyl sites for hydroxylation is 1. The van der Waals surface area contributed by atoms with Crippen molar-refractivity contribution in [2.24, 2.45) is 5.41 Å². The second-order valence-electron chi connectivity index (χ2n) is 4.31. The van der Waals surface area contributed by atoms with E-state index in [2.05, 4.69) is 16.0 Å². The third kappa shape index (κ3) is 2.28. The van der Waals surface area contributed by atoms with Gasteiger partial charge in [-0.1, -0.05) is 0 Å². The van der Waals surface area contributed by atoms with Crippen molar-refractivity contribution in [3.05, 3.63) is 23.8 Å². The minimum absolute atomic E-state index is 0.509. The number of ether oxygens (including phenoxy) is 1. The van der Waals surface area contributed by atoms with Crippen LogP contribution in [0.5, 0.6) is 0 Å². The lowest BCUT2D eigenvalue weighted by Gasteiger charge is -2.34. The largest absolute Gasteiger partial charge is 0.385 e. The molecular formula is C12H15N3O2. The quantitative estimate of drug-likeness (QED) is 0.828. The van der Waals surface area contributed by atoms with Crippen molar-refractivity contribution in [3.8, 4) is 6.07 Å². The summed E-state index contributed by atoms with van der Waals surface area (Å²) in [4.78, 5) is 8.17. The standard InChI is InChI=1S/C12H15N3O2/c1-9-14-5-2-10(15-9)11(16)12(8-13)3-6-17-7-4-12/h2,5,11,16H,3-4,6-7H2,1H3. The van der Waals surface area contributed by atoms with Crippen LogP contribution < -0.4 is 0 Å². The minimum Gasteiger partial charge on any atom is -0.385 e. The fourth-order valence-corrected chi connectivity index (χ4v) is 2.09. The summed E-state index contributed by atoms with van der Waals surface area (Å²) in [7, 11) is 0. The molecule has 5 heteroatoms. The molecule has 1 aromatic heterocycles. The molecule has 1 aromatic rings. The van der Waals surface area contributed by atoms with Gasteiger partial charge in [0.2, 0.25) is 0 Å². The van der Waals surface area contributed by atoms with Crippen molar-refractivity contribution in [1.29, 1.82) is 5.26 Å². The van der Waals surface area contributed by atoms with Gasteiger partial charge in [-0.2, -0.15) is 5.26 Å². The molecule has 0 radical (unpaired) electrons. The molecule has 2 rings (SSSR count). The van der Waals surface area contributed by atoms with E-state index in [1.807, 2.05) is 0 Å². The van der Waals surface area contributed by atoms with Crippen LogP contribution in [0.4, 0.5) is 0 Å². The number of hydrogen-bond acceptors (Lipinski definition) is 5. The second-order valence-corrected chi connectivity index (χ2v) is 4.31. The van der Waals surface area contributed by atoms with Gasteiger partial charge < -0.3 is 9.84 Å². The lowest BCUT2D eigenvalue weighted by molar-refractivity contribution is -0.0327.